The monoisotopic (exact) mass is 642 g/mol. The largest absolute Gasteiger partial charge is 0.455 e. The summed E-state index contributed by atoms with van der Waals surface area (Å²) in [4.78, 5) is 19.8. The average molecular weight is 643 g/mol. The molecule has 0 N–H and O–H groups in total. The van der Waals surface area contributed by atoms with Crippen LogP contribution in [0.5, 0.6) is 0 Å². The lowest BCUT2D eigenvalue weighted by molar-refractivity contribution is 0.622. The quantitative estimate of drug-likeness (QED) is 0.186. The van der Waals surface area contributed by atoms with Gasteiger partial charge in [0.25, 0.3) is 0 Å². The van der Waals surface area contributed by atoms with Crippen LogP contribution in [0.3, 0.4) is 0 Å². The lowest BCUT2D eigenvalue weighted by atomic mass is 9.95. The highest BCUT2D eigenvalue weighted by Gasteiger charge is 2.22. The van der Waals surface area contributed by atoms with Crippen molar-refractivity contribution in [1.29, 1.82) is 0 Å². The van der Waals surface area contributed by atoms with E-state index in [0.717, 1.165) is 71.6 Å². The molecule has 6 nitrogen and oxygen atoms in total. The second kappa shape index (κ2) is 11.4. The number of para-hydroxylation sites is 1. The summed E-state index contributed by atoms with van der Waals surface area (Å²) in [6.07, 6.45) is 0. The second-order valence-corrected chi connectivity index (χ2v) is 12.2. The van der Waals surface area contributed by atoms with Gasteiger partial charge in [-0.05, 0) is 46.7 Å². The maximum absolute atomic E-state index is 6.60. The van der Waals surface area contributed by atoms with Gasteiger partial charge in [0.05, 0.1) is 5.39 Å². The molecule has 0 saturated heterocycles. The molecule has 7 aromatic carbocycles. The van der Waals surface area contributed by atoms with Crippen molar-refractivity contribution in [3.63, 3.8) is 0 Å². The molecule has 3 heterocycles. The van der Waals surface area contributed by atoms with Crippen LogP contribution in [0.1, 0.15) is 0 Å². The van der Waals surface area contributed by atoms with E-state index >= 15 is 0 Å². The highest BCUT2D eigenvalue weighted by atomic mass is 16.4. The molecule has 3 aromatic heterocycles. The third-order valence-electron chi connectivity index (χ3n) is 9.15. The molecule has 10 rings (SSSR count). The van der Waals surface area contributed by atoms with E-state index in [4.69, 9.17) is 28.8 Å². The molecule has 0 aliphatic rings. The zero-order valence-corrected chi connectivity index (χ0v) is 26.6. The molecule has 0 atom stereocenters. The summed E-state index contributed by atoms with van der Waals surface area (Å²) in [6, 6.07) is 52.9. The molecular formula is C44H26N4O2. The summed E-state index contributed by atoms with van der Waals surface area (Å²) < 4.78 is 13.1. The molecule has 10 aromatic rings. The Labute approximate surface area is 286 Å². The van der Waals surface area contributed by atoms with Crippen LogP contribution in [0.2, 0.25) is 0 Å². The summed E-state index contributed by atoms with van der Waals surface area (Å²) >= 11 is 0. The lowest BCUT2D eigenvalue weighted by Crippen LogP contribution is -2.00. The Morgan fingerprint density at radius 2 is 1.00 bits per heavy atom. The first kappa shape index (κ1) is 28.1. The number of aromatic nitrogens is 4. The maximum atomic E-state index is 6.60. The van der Waals surface area contributed by atoms with Crippen LogP contribution < -0.4 is 0 Å². The smallest absolute Gasteiger partial charge is 0.227 e. The number of hydrogen-bond donors (Lipinski definition) is 0. The molecule has 0 spiro atoms. The highest BCUT2D eigenvalue weighted by molar-refractivity contribution is 6.21. The van der Waals surface area contributed by atoms with Gasteiger partial charge in [-0.1, -0.05) is 127 Å². The topological polar surface area (TPSA) is 77.8 Å². The van der Waals surface area contributed by atoms with Gasteiger partial charge in [0, 0.05) is 33.2 Å². The molecule has 0 aliphatic carbocycles. The first-order valence-electron chi connectivity index (χ1n) is 16.5. The molecule has 0 aliphatic heterocycles. The van der Waals surface area contributed by atoms with E-state index in [0.29, 0.717) is 28.9 Å². The Morgan fingerprint density at radius 1 is 0.380 bits per heavy atom. The van der Waals surface area contributed by atoms with Gasteiger partial charge >= 0.3 is 0 Å². The van der Waals surface area contributed by atoms with Crippen LogP contribution in [0, 0.1) is 0 Å². The first-order chi connectivity index (χ1) is 24.8. The van der Waals surface area contributed by atoms with Crippen molar-refractivity contribution in [2.75, 3.05) is 0 Å². The van der Waals surface area contributed by atoms with Crippen molar-refractivity contribution in [2.45, 2.75) is 0 Å². The summed E-state index contributed by atoms with van der Waals surface area (Å²) in [7, 11) is 0. The molecule has 50 heavy (non-hydrogen) atoms. The van der Waals surface area contributed by atoms with E-state index in [1.165, 1.54) is 0 Å². The van der Waals surface area contributed by atoms with Crippen molar-refractivity contribution in [3.8, 4) is 56.7 Å². The van der Waals surface area contributed by atoms with Crippen LogP contribution in [0.4, 0.5) is 0 Å². The van der Waals surface area contributed by atoms with Crippen molar-refractivity contribution in [2.24, 2.45) is 0 Å². The average Bonchev–Trinajstić information content (AvgIpc) is 3.80. The predicted molar refractivity (Wildman–Crippen MR) is 199 cm³/mol. The molecule has 0 unspecified atom stereocenters. The molecule has 234 valence electrons. The minimum Gasteiger partial charge on any atom is -0.455 e. The van der Waals surface area contributed by atoms with E-state index in [1.54, 1.807) is 0 Å². The SMILES string of the molecule is c1ccc(-c2nc(-c3ccccc3)nc(-c3ccc4c(-c5cc6nc(-c7ccccc7)oc6c6c5oc5ccccc56)cccc4c3)n2)cc1. The number of nitrogens with zero attached hydrogens (tertiary/aromatic N) is 4. The van der Waals surface area contributed by atoms with E-state index in [2.05, 4.69) is 48.5 Å². The lowest BCUT2D eigenvalue weighted by Gasteiger charge is -2.11. The van der Waals surface area contributed by atoms with Crippen LogP contribution in [0.25, 0.3) is 101 Å². The van der Waals surface area contributed by atoms with Crippen molar-refractivity contribution >= 4 is 43.8 Å². The standard InChI is InChI=1S/C44H26N4O2/c1-4-13-27(14-5-1)41-46-42(28-15-6-2-7-16-28)48-43(47-41)31-23-24-32-30(25-31)19-12-21-33(32)35-26-36-40(50-44(45-36)29-17-8-3-9-18-29)38-34-20-10-11-22-37(34)49-39(35)38/h1-26H. The first-order valence-corrected chi connectivity index (χ1v) is 16.5. The normalized spacial score (nSPS) is 11.6. The number of benzene rings is 7. The summed E-state index contributed by atoms with van der Waals surface area (Å²) in [5.74, 6) is 2.45. The molecule has 0 radical (unpaired) electrons. The van der Waals surface area contributed by atoms with Crippen LogP contribution in [-0.4, -0.2) is 19.9 Å². The van der Waals surface area contributed by atoms with Gasteiger partial charge < -0.3 is 8.83 Å². The molecule has 0 amide bonds. The minimum absolute atomic E-state index is 0.578. The zero-order chi connectivity index (χ0) is 33.0. The third kappa shape index (κ3) is 4.65. The van der Waals surface area contributed by atoms with E-state index in [9.17, 15) is 0 Å². The molecule has 6 heteroatoms. The fraction of sp³-hybridized carbons (Fsp3) is 0. The molecule has 0 bridgehead atoms. The Hall–Kier alpha value is -6.92. The van der Waals surface area contributed by atoms with Crippen LogP contribution in [0.15, 0.2) is 167 Å². The zero-order valence-electron chi connectivity index (χ0n) is 26.6. The van der Waals surface area contributed by atoms with E-state index in [-0.39, 0.29) is 0 Å². The van der Waals surface area contributed by atoms with Crippen molar-refractivity contribution in [1.82, 2.24) is 19.9 Å². The van der Waals surface area contributed by atoms with Crippen molar-refractivity contribution in [3.05, 3.63) is 158 Å². The minimum atomic E-state index is 0.578. The molecular weight excluding hydrogens is 617 g/mol. The number of furan rings is 1. The number of oxazole rings is 1. The van der Waals surface area contributed by atoms with Gasteiger partial charge in [-0.15, -0.1) is 0 Å². The van der Waals surface area contributed by atoms with Gasteiger partial charge in [-0.3, -0.25) is 0 Å². The predicted octanol–water partition coefficient (Wildman–Crippen LogP) is 11.4. The maximum Gasteiger partial charge on any atom is 0.227 e. The van der Waals surface area contributed by atoms with Crippen LogP contribution in [-0.2, 0) is 0 Å². The van der Waals surface area contributed by atoms with Crippen LogP contribution >= 0.6 is 0 Å². The van der Waals surface area contributed by atoms with Gasteiger partial charge in [0.15, 0.2) is 23.1 Å². The van der Waals surface area contributed by atoms with Gasteiger partial charge in [-0.25, -0.2) is 19.9 Å². The fourth-order valence-electron chi connectivity index (χ4n) is 6.77. The number of fused-ring (bicyclic) bond motifs is 6. The van der Waals surface area contributed by atoms with Gasteiger partial charge in [-0.2, -0.15) is 0 Å². The Bertz CT molecular complexity index is 2800. The van der Waals surface area contributed by atoms with Crippen molar-refractivity contribution < 1.29 is 8.83 Å². The Kier molecular flexibility index (Phi) is 6.39. The Balaban J connectivity index is 1.16. The highest BCUT2D eigenvalue weighted by Crippen LogP contribution is 2.44. The third-order valence-corrected chi connectivity index (χ3v) is 9.15. The second-order valence-electron chi connectivity index (χ2n) is 12.2. The number of hydrogen-bond acceptors (Lipinski definition) is 6. The summed E-state index contributed by atoms with van der Waals surface area (Å²) in [6.45, 7) is 0. The summed E-state index contributed by atoms with van der Waals surface area (Å²) in [5.41, 5.74) is 8.75. The Morgan fingerprint density at radius 3 is 1.70 bits per heavy atom. The van der Waals surface area contributed by atoms with Gasteiger partial charge in [0.2, 0.25) is 5.89 Å². The van der Waals surface area contributed by atoms with E-state index in [1.807, 2.05) is 109 Å². The summed E-state index contributed by atoms with van der Waals surface area (Å²) in [5, 5.41) is 4.04. The molecule has 0 saturated carbocycles. The van der Waals surface area contributed by atoms with E-state index < -0.39 is 0 Å². The molecule has 0 fully saturated rings. The number of rotatable bonds is 5. The fourth-order valence-corrected chi connectivity index (χ4v) is 6.77. The van der Waals surface area contributed by atoms with Gasteiger partial charge in [0.1, 0.15) is 16.7 Å².